The Kier molecular flexibility index (Phi) is 4.60. The lowest BCUT2D eigenvalue weighted by Gasteiger charge is -2.34. The number of aryl methyl sites for hydroxylation is 2. The molecule has 0 aromatic carbocycles. The molecule has 2 N–H and O–H groups in total. The standard InChI is InChI=1S/C15H23N3O2/c1-10-7-11(2)17-14(13(10)15(19)20)18-6-4-5-12(9-18)8-16-3/h7,12,16H,4-6,8-9H2,1-3H3,(H,19,20). The zero-order valence-electron chi connectivity index (χ0n) is 12.4. The molecular formula is C15H23N3O2. The van der Waals surface area contributed by atoms with Crippen LogP contribution in [0.15, 0.2) is 6.07 Å². The maximum absolute atomic E-state index is 11.5. The molecule has 1 aromatic rings. The van der Waals surface area contributed by atoms with Gasteiger partial charge in [-0.2, -0.15) is 0 Å². The highest BCUT2D eigenvalue weighted by atomic mass is 16.4. The molecule has 0 bridgehead atoms. The van der Waals surface area contributed by atoms with Gasteiger partial charge in [0.2, 0.25) is 0 Å². The maximum Gasteiger partial charge on any atom is 0.339 e. The Morgan fingerprint density at radius 1 is 1.55 bits per heavy atom. The molecule has 5 nitrogen and oxygen atoms in total. The van der Waals surface area contributed by atoms with Crippen molar-refractivity contribution >= 4 is 11.8 Å². The van der Waals surface area contributed by atoms with Gasteiger partial charge in [0, 0.05) is 18.8 Å². The van der Waals surface area contributed by atoms with Gasteiger partial charge in [-0.05, 0) is 57.8 Å². The van der Waals surface area contributed by atoms with E-state index in [0.717, 1.165) is 37.3 Å². The van der Waals surface area contributed by atoms with Crippen LogP contribution in [-0.4, -0.2) is 42.7 Å². The average molecular weight is 277 g/mol. The van der Waals surface area contributed by atoms with E-state index in [4.69, 9.17) is 0 Å². The number of carboxylic acid groups (broad SMARTS) is 1. The average Bonchev–Trinajstić information content (AvgIpc) is 2.38. The van der Waals surface area contributed by atoms with E-state index in [1.165, 1.54) is 6.42 Å². The van der Waals surface area contributed by atoms with Gasteiger partial charge >= 0.3 is 5.97 Å². The third kappa shape index (κ3) is 3.10. The monoisotopic (exact) mass is 277 g/mol. The quantitative estimate of drug-likeness (QED) is 0.879. The molecule has 0 radical (unpaired) electrons. The van der Waals surface area contributed by atoms with Crippen LogP contribution in [0.25, 0.3) is 0 Å². The molecule has 20 heavy (non-hydrogen) atoms. The second kappa shape index (κ2) is 6.22. The van der Waals surface area contributed by atoms with Crippen molar-refractivity contribution < 1.29 is 9.90 Å². The number of nitrogens with one attached hydrogen (secondary N) is 1. The summed E-state index contributed by atoms with van der Waals surface area (Å²) in [6.07, 6.45) is 2.27. The van der Waals surface area contributed by atoms with E-state index >= 15 is 0 Å². The van der Waals surface area contributed by atoms with Gasteiger partial charge in [-0.1, -0.05) is 0 Å². The lowest BCUT2D eigenvalue weighted by atomic mass is 9.97. The Labute approximate surface area is 120 Å². The Morgan fingerprint density at radius 3 is 2.95 bits per heavy atom. The van der Waals surface area contributed by atoms with Gasteiger partial charge in [0.25, 0.3) is 0 Å². The molecule has 0 saturated carbocycles. The van der Waals surface area contributed by atoms with Gasteiger partial charge < -0.3 is 15.3 Å². The molecule has 1 fully saturated rings. The van der Waals surface area contributed by atoms with Crippen LogP contribution < -0.4 is 10.2 Å². The number of carbonyl (C=O) groups is 1. The number of aromatic carboxylic acids is 1. The molecule has 1 aliphatic rings. The fourth-order valence-electron chi connectivity index (χ4n) is 3.02. The van der Waals surface area contributed by atoms with E-state index < -0.39 is 5.97 Å². The topological polar surface area (TPSA) is 65.5 Å². The molecule has 1 unspecified atom stereocenters. The van der Waals surface area contributed by atoms with E-state index in [9.17, 15) is 9.90 Å². The highest BCUT2D eigenvalue weighted by molar-refractivity contribution is 5.95. The van der Waals surface area contributed by atoms with Crippen molar-refractivity contribution in [3.63, 3.8) is 0 Å². The van der Waals surface area contributed by atoms with E-state index in [1.54, 1.807) is 0 Å². The summed E-state index contributed by atoms with van der Waals surface area (Å²) in [5, 5.41) is 12.7. The molecule has 1 aliphatic heterocycles. The molecule has 0 amide bonds. The smallest absolute Gasteiger partial charge is 0.339 e. The first kappa shape index (κ1) is 14.8. The SMILES string of the molecule is CNCC1CCCN(c2nc(C)cc(C)c2C(=O)O)C1. The van der Waals surface area contributed by atoms with Crippen molar-refractivity contribution in [1.29, 1.82) is 0 Å². The number of hydrogen-bond donors (Lipinski definition) is 2. The van der Waals surface area contributed by atoms with Crippen molar-refractivity contribution in [2.24, 2.45) is 5.92 Å². The predicted molar refractivity (Wildman–Crippen MR) is 79.5 cm³/mol. The normalized spacial score (nSPS) is 19.1. The van der Waals surface area contributed by atoms with Crippen molar-refractivity contribution in [2.45, 2.75) is 26.7 Å². The number of piperidine rings is 1. The highest BCUT2D eigenvalue weighted by Crippen LogP contribution is 2.27. The lowest BCUT2D eigenvalue weighted by Crippen LogP contribution is -2.40. The van der Waals surface area contributed by atoms with Crippen molar-refractivity contribution in [3.8, 4) is 0 Å². The second-order valence-electron chi connectivity index (χ2n) is 5.60. The molecular weight excluding hydrogens is 254 g/mol. The Balaban J connectivity index is 2.33. The number of rotatable bonds is 4. The fraction of sp³-hybridized carbons (Fsp3) is 0.600. The van der Waals surface area contributed by atoms with Crippen LogP contribution in [0, 0.1) is 19.8 Å². The minimum Gasteiger partial charge on any atom is -0.478 e. The largest absolute Gasteiger partial charge is 0.478 e. The minimum atomic E-state index is -0.888. The van der Waals surface area contributed by atoms with Gasteiger partial charge in [-0.25, -0.2) is 9.78 Å². The molecule has 5 heteroatoms. The van der Waals surface area contributed by atoms with Gasteiger partial charge in [0.1, 0.15) is 11.4 Å². The predicted octanol–water partition coefficient (Wildman–Crippen LogP) is 1.83. The molecule has 0 aliphatic carbocycles. The molecule has 2 heterocycles. The van der Waals surface area contributed by atoms with Crippen molar-refractivity contribution in [1.82, 2.24) is 10.3 Å². The van der Waals surface area contributed by atoms with Crippen molar-refractivity contribution in [2.75, 3.05) is 31.6 Å². The Hall–Kier alpha value is -1.62. The first-order valence-corrected chi connectivity index (χ1v) is 7.14. The summed E-state index contributed by atoms with van der Waals surface area (Å²) in [5.41, 5.74) is 2.01. The first-order valence-electron chi connectivity index (χ1n) is 7.14. The summed E-state index contributed by atoms with van der Waals surface area (Å²) in [4.78, 5) is 18.2. The third-order valence-electron chi connectivity index (χ3n) is 3.85. The van der Waals surface area contributed by atoms with Crippen LogP contribution in [0.3, 0.4) is 0 Å². The molecule has 1 aromatic heterocycles. The van der Waals surface area contributed by atoms with Crippen molar-refractivity contribution in [3.05, 3.63) is 22.9 Å². The number of hydrogen-bond acceptors (Lipinski definition) is 4. The molecule has 2 rings (SSSR count). The molecule has 1 saturated heterocycles. The molecule has 0 spiro atoms. The molecule has 110 valence electrons. The van der Waals surface area contributed by atoms with E-state index in [0.29, 0.717) is 17.3 Å². The zero-order valence-corrected chi connectivity index (χ0v) is 12.4. The maximum atomic E-state index is 11.5. The Bertz CT molecular complexity index is 500. The second-order valence-corrected chi connectivity index (χ2v) is 5.60. The van der Waals surface area contributed by atoms with Gasteiger partial charge in [-0.3, -0.25) is 0 Å². The zero-order chi connectivity index (χ0) is 14.7. The summed E-state index contributed by atoms with van der Waals surface area (Å²) in [6.45, 7) is 6.48. The van der Waals surface area contributed by atoms with Crippen LogP contribution in [-0.2, 0) is 0 Å². The van der Waals surface area contributed by atoms with E-state index in [1.807, 2.05) is 27.0 Å². The number of nitrogens with zero attached hydrogens (tertiary/aromatic N) is 2. The summed E-state index contributed by atoms with van der Waals surface area (Å²) in [5.74, 6) is 0.301. The number of anilines is 1. The lowest BCUT2D eigenvalue weighted by molar-refractivity contribution is 0.0696. The third-order valence-corrected chi connectivity index (χ3v) is 3.85. The number of carboxylic acids is 1. The van der Waals surface area contributed by atoms with Gasteiger partial charge in [-0.15, -0.1) is 0 Å². The summed E-state index contributed by atoms with van der Waals surface area (Å²) in [7, 11) is 1.96. The van der Waals surface area contributed by atoms with Gasteiger partial charge in [0.05, 0.1) is 0 Å². The highest BCUT2D eigenvalue weighted by Gasteiger charge is 2.25. The van der Waals surface area contributed by atoms with Crippen LogP contribution in [0.1, 0.15) is 34.5 Å². The van der Waals surface area contributed by atoms with Crippen LogP contribution >= 0.6 is 0 Å². The number of aromatic nitrogens is 1. The number of pyridine rings is 1. The summed E-state index contributed by atoms with van der Waals surface area (Å²) in [6, 6.07) is 1.84. The first-order chi connectivity index (χ1) is 9.52. The van der Waals surface area contributed by atoms with E-state index in [-0.39, 0.29) is 0 Å². The minimum absolute atomic E-state index is 0.348. The Morgan fingerprint density at radius 2 is 2.30 bits per heavy atom. The van der Waals surface area contributed by atoms with Crippen LogP contribution in [0.2, 0.25) is 0 Å². The van der Waals surface area contributed by atoms with Crippen LogP contribution in [0.4, 0.5) is 5.82 Å². The van der Waals surface area contributed by atoms with Gasteiger partial charge in [0.15, 0.2) is 0 Å². The summed E-state index contributed by atoms with van der Waals surface area (Å²) >= 11 is 0. The molecule has 1 atom stereocenters. The summed E-state index contributed by atoms with van der Waals surface area (Å²) < 4.78 is 0. The fourth-order valence-corrected chi connectivity index (χ4v) is 3.02. The van der Waals surface area contributed by atoms with Crippen LogP contribution in [0.5, 0.6) is 0 Å². The van der Waals surface area contributed by atoms with E-state index in [2.05, 4.69) is 15.2 Å².